The largest absolute Gasteiger partial charge is 0.478 e. The monoisotopic (exact) mass is 629 g/mol. The van der Waals surface area contributed by atoms with Crippen molar-refractivity contribution in [2.24, 2.45) is 15.4 Å². The van der Waals surface area contributed by atoms with Crippen LogP contribution in [0.1, 0.15) is 17.3 Å². The van der Waals surface area contributed by atoms with Crippen molar-refractivity contribution < 1.29 is 26.7 Å². The minimum atomic E-state index is -3.80. The summed E-state index contributed by atoms with van der Waals surface area (Å²) in [5.41, 5.74) is 17.0. The van der Waals surface area contributed by atoms with Crippen LogP contribution in [-0.4, -0.2) is 37.5 Å². The second-order valence-electron chi connectivity index (χ2n) is 8.61. The summed E-state index contributed by atoms with van der Waals surface area (Å²) in [5.74, 6) is -1.26. The van der Waals surface area contributed by atoms with Gasteiger partial charge >= 0.3 is 11.7 Å². The maximum Gasteiger partial charge on any atom is 0.349 e. The highest BCUT2D eigenvalue weighted by atomic mass is 32.2. The first-order chi connectivity index (χ1) is 20.1. The van der Waals surface area contributed by atoms with Crippen LogP contribution < -0.4 is 32.8 Å². The molecule has 0 amide bonds. The number of rotatable bonds is 8. The highest BCUT2D eigenvalue weighted by Gasteiger charge is 2.16. The molecule has 3 aromatic carbocycles. The SMILES string of the molecule is CCn1ccc(NS(=O)(=O)c2ccc(N)cc2)nc1=O.Nc1cc(N)c(/N=N/c2ccc(S(N)(=O)=O)cc2)c(C(=O)O)c1. The van der Waals surface area contributed by atoms with E-state index < -0.39 is 31.7 Å². The van der Waals surface area contributed by atoms with Gasteiger partial charge in [-0.05, 0) is 73.7 Å². The van der Waals surface area contributed by atoms with Gasteiger partial charge in [0.05, 0.1) is 26.7 Å². The molecule has 16 nitrogen and oxygen atoms in total. The zero-order chi connectivity index (χ0) is 31.9. The number of carboxylic acids is 1. The van der Waals surface area contributed by atoms with Gasteiger partial charge in [0.25, 0.3) is 10.0 Å². The van der Waals surface area contributed by atoms with Crippen LogP contribution in [0.2, 0.25) is 0 Å². The topological polar surface area (TPSA) is 281 Å². The first-order valence-electron chi connectivity index (χ1n) is 12.0. The van der Waals surface area contributed by atoms with Gasteiger partial charge in [0.15, 0.2) is 0 Å². The Kier molecular flexibility index (Phi) is 9.81. The van der Waals surface area contributed by atoms with Gasteiger partial charge in [0.1, 0.15) is 11.5 Å². The summed E-state index contributed by atoms with van der Waals surface area (Å²) < 4.78 is 50.1. The molecule has 10 N–H and O–H groups in total. The number of anilines is 4. The zero-order valence-corrected chi connectivity index (χ0v) is 24.1. The van der Waals surface area contributed by atoms with E-state index in [9.17, 15) is 26.4 Å². The Bertz CT molecular complexity index is 1940. The van der Waals surface area contributed by atoms with Crippen LogP contribution in [0.25, 0.3) is 0 Å². The molecular weight excluding hydrogens is 602 g/mol. The van der Waals surface area contributed by atoms with Gasteiger partial charge in [-0.15, -0.1) is 5.11 Å². The third-order valence-electron chi connectivity index (χ3n) is 5.47. The zero-order valence-electron chi connectivity index (χ0n) is 22.4. The summed E-state index contributed by atoms with van der Waals surface area (Å²) in [4.78, 5) is 26.4. The Morgan fingerprint density at radius 1 is 0.907 bits per heavy atom. The number of hydrogen-bond donors (Lipinski definition) is 6. The number of hydrogen-bond acceptors (Lipinski definition) is 12. The van der Waals surface area contributed by atoms with Crippen LogP contribution in [0.15, 0.2) is 97.7 Å². The summed E-state index contributed by atoms with van der Waals surface area (Å²) in [6, 6.07) is 15.0. The van der Waals surface area contributed by atoms with Gasteiger partial charge in [0.2, 0.25) is 10.0 Å². The molecule has 0 aliphatic rings. The molecule has 1 aromatic heterocycles. The Hall–Kier alpha value is -5.33. The summed E-state index contributed by atoms with van der Waals surface area (Å²) in [6.45, 7) is 2.26. The van der Waals surface area contributed by atoms with E-state index in [0.717, 1.165) is 0 Å². The third kappa shape index (κ3) is 8.58. The van der Waals surface area contributed by atoms with E-state index in [0.29, 0.717) is 17.9 Å². The van der Waals surface area contributed by atoms with Crippen molar-refractivity contribution in [3.8, 4) is 0 Å². The number of aromatic carboxylic acids is 1. The molecule has 0 atom stereocenters. The fraction of sp³-hybridized carbons (Fsp3) is 0.0800. The molecule has 0 bridgehead atoms. The molecule has 0 saturated heterocycles. The quantitative estimate of drug-likeness (QED) is 0.121. The average molecular weight is 630 g/mol. The lowest BCUT2D eigenvalue weighted by molar-refractivity contribution is 0.0697. The van der Waals surface area contributed by atoms with Gasteiger partial charge in [-0.3, -0.25) is 9.29 Å². The van der Waals surface area contributed by atoms with Crippen molar-refractivity contribution in [3.63, 3.8) is 0 Å². The molecule has 0 spiro atoms. The normalized spacial score (nSPS) is 11.5. The molecule has 0 radical (unpaired) electrons. The van der Waals surface area contributed by atoms with E-state index in [2.05, 4.69) is 19.9 Å². The minimum Gasteiger partial charge on any atom is -0.478 e. The molecule has 43 heavy (non-hydrogen) atoms. The predicted octanol–water partition coefficient (Wildman–Crippen LogP) is 2.26. The van der Waals surface area contributed by atoms with Crippen LogP contribution in [0, 0.1) is 0 Å². The molecule has 18 heteroatoms. The number of primary sulfonamides is 1. The number of carbonyl (C=O) groups is 1. The molecule has 0 aliphatic carbocycles. The van der Waals surface area contributed by atoms with Gasteiger partial charge < -0.3 is 22.3 Å². The third-order valence-corrected chi connectivity index (χ3v) is 7.77. The van der Waals surface area contributed by atoms with Gasteiger partial charge in [-0.1, -0.05) is 0 Å². The standard InChI is InChI=1S/C13H13N5O4S.C12H14N4O3S/c14-7-5-10(13(19)20)12(11(15)6-7)18-17-8-1-3-9(4-2-8)23(16,21)22;1-2-16-8-7-11(14-12(16)17)15-20(18,19)10-5-3-9(13)4-6-10/h1-6H,14-15H2,(H,19,20)(H2,16,21,22);3-8H,2,13H2,1H3,(H,14,15,17)/b18-17+;. The molecular formula is C25H27N9O7S2. The van der Waals surface area contributed by atoms with E-state index in [1.165, 1.54) is 77.5 Å². The van der Waals surface area contributed by atoms with Crippen molar-refractivity contribution in [2.45, 2.75) is 23.3 Å². The lowest BCUT2D eigenvalue weighted by Gasteiger charge is -2.08. The molecule has 0 saturated carbocycles. The van der Waals surface area contributed by atoms with Crippen LogP contribution in [0.3, 0.4) is 0 Å². The van der Waals surface area contributed by atoms with Crippen molar-refractivity contribution in [1.82, 2.24) is 9.55 Å². The fourth-order valence-electron chi connectivity index (χ4n) is 3.33. The Labute approximate surface area is 245 Å². The van der Waals surface area contributed by atoms with Crippen molar-refractivity contribution in [2.75, 3.05) is 21.9 Å². The first kappa shape index (κ1) is 32.2. The smallest absolute Gasteiger partial charge is 0.349 e. The van der Waals surface area contributed by atoms with Crippen molar-refractivity contribution >= 4 is 60.3 Å². The van der Waals surface area contributed by atoms with Gasteiger partial charge in [0, 0.05) is 24.1 Å². The second kappa shape index (κ2) is 13.1. The van der Waals surface area contributed by atoms with Gasteiger partial charge in [-0.2, -0.15) is 10.1 Å². The average Bonchev–Trinajstić information content (AvgIpc) is 2.92. The number of carboxylic acid groups (broad SMARTS) is 1. The number of nitrogen functional groups attached to an aromatic ring is 3. The maximum atomic E-state index is 12.1. The number of benzene rings is 3. The fourth-order valence-corrected chi connectivity index (χ4v) is 4.85. The van der Waals surface area contributed by atoms with Crippen molar-refractivity contribution in [1.29, 1.82) is 0 Å². The summed E-state index contributed by atoms with van der Waals surface area (Å²) in [7, 11) is -7.58. The number of nitrogens with one attached hydrogen (secondary N) is 1. The molecule has 1 heterocycles. The van der Waals surface area contributed by atoms with Crippen LogP contribution in [0.5, 0.6) is 0 Å². The highest BCUT2D eigenvalue weighted by Crippen LogP contribution is 2.31. The summed E-state index contributed by atoms with van der Waals surface area (Å²) in [6.07, 6.45) is 1.48. The molecule has 4 rings (SSSR count). The molecule has 4 aromatic rings. The second-order valence-corrected chi connectivity index (χ2v) is 11.9. The minimum absolute atomic E-state index is 0.0171. The Morgan fingerprint density at radius 2 is 1.51 bits per heavy atom. The van der Waals surface area contributed by atoms with E-state index in [1.54, 1.807) is 6.92 Å². The number of azo groups is 1. The van der Waals surface area contributed by atoms with E-state index >= 15 is 0 Å². The Morgan fingerprint density at radius 3 is 2.05 bits per heavy atom. The van der Waals surface area contributed by atoms with Gasteiger partial charge in [-0.25, -0.2) is 31.6 Å². The number of nitrogens with zero attached hydrogens (tertiary/aromatic N) is 4. The molecule has 0 unspecified atom stereocenters. The van der Waals surface area contributed by atoms with Crippen molar-refractivity contribution in [3.05, 3.63) is 89.0 Å². The van der Waals surface area contributed by atoms with Crippen LogP contribution in [-0.2, 0) is 26.6 Å². The Balaban J connectivity index is 0.000000238. The lowest BCUT2D eigenvalue weighted by Crippen LogP contribution is -2.24. The molecule has 226 valence electrons. The van der Waals surface area contributed by atoms with Crippen LogP contribution in [0.4, 0.5) is 34.3 Å². The molecule has 0 fully saturated rings. The van der Waals surface area contributed by atoms with Crippen LogP contribution >= 0.6 is 0 Å². The molecule has 0 aliphatic heterocycles. The number of aromatic nitrogens is 2. The maximum absolute atomic E-state index is 12.1. The number of sulfonamides is 2. The van der Waals surface area contributed by atoms with E-state index in [4.69, 9.17) is 27.4 Å². The number of nitrogens with two attached hydrogens (primary N) is 4. The summed E-state index contributed by atoms with van der Waals surface area (Å²) >= 11 is 0. The highest BCUT2D eigenvalue weighted by molar-refractivity contribution is 7.92. The number of aryl methyl sites for hydroxylation is 1. The summed E-state index contributed by atoms with van der Waals surface area (Å²) in [5, 5.41) is 21.8. The van der Waals surface area contributed by atoms with E-state index in [-0.39, 0.29) is 38.2 Å². The lowest BCUT2D eigenvalue weighted by atomic mass is 10.1. The first-order valence-corrected chi connectivity index (χ1v) is 15.1. The predicted molar refractivity (Wildman–Crippen MR) is 160 cm³/mol. The van der Waals surface area contributed by atoms with E-state index in [1.807, 2.05) is 0 Å².